The van der Waals surface area contributed by atoms with E-state index in [2.05, 4.69) is 22.0 Å². The Morgan fingerprint density at radius 2 is 1.81 bits per heavy atom. The molecule has 0 amide bonds. The number of piperidine rings is 1. The minimum absolute atomic E-state index is 0.167. The van der Waals surface area contributed by atoms with Crippen molar-refractivity contribution in [3.8, 4) is 17.0 Å². The maximum atomic E-state index is 15.2. The molecule has 32 heavy (non-hydrogen) atoms. The minimum atomic E-state index is -1.14. The van der Waals surface area contributed by atoms with E-state index in [1.165, 1.54) is 17.8 Å². The number of carboxylic acids is 1. The monoisotopic (exact) mass is 434 g/mol. The Hall–Kier alpha value is -3.25. The molecule has 0 spiro atoms. The largest absolute Gasteiger partial charge is 0.493 e. The highest BCUT2D eigenvalue weighted by atomic mass is 19.1. The van der Waals surface area contributed by atoms with Crippen LogP contribution in [-0.4, -0.2) is 40.7 Å². The van der Waals surface area contributed by atoms with Crippen molar-refractivity contribution in [2.45, 2.75) is 31.7 Å². The smallest absolute Gasteiger partial charge is 0.314 e. The number of carbonyl (C=O) groups is 1. The van der Waals surface area contributed by atoms with Gasteiger partial charge in [-0.3, -0.25) is 14.7 Å². The normalized spacial score (nSPS) is 15.9. The van der Waals surface area contributed by atoms with Gasteiger partial charge >= 0.3 is 5.97 Å². The van der Waals surface area contributed by atoms with Crippen LogP contribution in [0, 0.1) is 5.82 Å². The second-order valence-electron chi connectivity index (χ2n) is 8.13. The molecule has 0 saturated carbocycles. The first-order chi connectivity index (χ1) is 15.5. The Labute approximate surface area is 187 Å². The van der Waals surface area contributed by atoms with Gasteiger partial charge in [0.1, 0.15) is 17.3 Å². The molecule has 4 rings (SSSR count). The first kappa shape index (κ1) is 22.0. The van der Waals surface area contributed by atoms with Crippen LogP contribution in [0.15, 0.2) is 66.9 Å². The van der Waals surface area contributed by atoms with E-state index in [9.17, 15) is 9.90 Å². The van der Waals surface area contributed by atoms with Gasteiger partial charge in [0.15, 0.2) is 0 Å². The molecule has 0 unspecified atom stereocenters. The van der Waals surface area contributed by atoms with Gasteiger partial charge in [-0.15, -0.1) is 0 Å². The van der Waals surface area contributed by atoms with Gasteiger partial charge in [-0.2, -0.15) is 0 Å². The van der Waals surface area contributed by atoms with E-state index in [4.69, 9.17) is 4.74 Å². The number of para-hydroxylation sites is 1. The number of rotatable bonds is 7. The van der Waals surface area contributed by atoms with Crippen LogP contribution in [0.5, 0.6) is 5.75 Å². The summed E-state index contributed by atoms with van der Waals surface area (Å²) in [6, 6.07) is 18.6. The zero-order valence-electron chi connectivity index (χ0n) is 18.1. The summed E-state index contributed by atoms with van der Waals surface area (Å²) in [6.45, 7) is 4.34. The van der Waals surface area contributed by atoms with Crippen molar-refractivity contribution in [3.63, 3.8) is 0 Å². The highest BCUT2D eigenvalue weighted by molar-refractivity contribution is 5.82. The molecule has 0 bridgehead atoms. The van der Waals surface area contributed by atoms with E-state index >= 15 is 4.39 Å². The molecular formula is C26H27FN2O3. The predicted molar refractivity (Wildman–Crippen MR) is 121 cm³/mol. The SMILES string of the molecule is CCOc1ccccc1-c1ncc(C2(C(=O)O)CCN(Cc3ccccc3)CC2)cc1F. The quantitative estimate of drug-likeness (QED) is 0.573. The van der Waals surface area contributed by atoms with E-state index in [0.717, 1.165) is 6.54 Å². The molecule has 1 aliphatic heterocycles. The lowest BCUT2D eigenvalue weighted by Gasteiger charge is -2.39. The zero-order valence-corrected chi connectivity index (χ0v) is 18.1. The number of likely N-dealkylation sites (tertiary alicyclic amines) is 1. The van der Waals surface area contributed by atoms with Crippen LogP contribution in [0.3, 0.4) is 0 Å². The van der Waals surface area contributed by atoms with Gasteiger partial charge in [0.05, 0.1) is 12.0 Å². The average molecular weight is 435 g/mol. The third-order valence-corrected chi connectivity index (χ3v) is 6.20. The number of aliphatic carboxylic acids is 1. The highest BCUT2D eigenvalue weighted by Gasteiger charge is 2.43. The van der Waals surface area contributed by atoms with Crippen LogP contribution in [0.4, 0.5) is 4.39 Å². The van der Waals surface area contributed by atoms with Gasteiger partial charge in [-0.1, -0.05) is 42.5 Å². The third kappa shape index (κ3) is 4.36. The first-order valence-electron chi connectivity index (χ1n) is 10.9. The number of hydrogen-bond donors (Lipinski definition) is 1. The molecule has 3 aromatic rings. The Morgan fingerprint density at radius 3 is 2.47 bits per heavy atom. The number of hydrogen-bond acceptors (Lipinski definition) is 4. The molecule has 0 aliphatic carbocycles. The fourth-order valence-electron chi connectivity index (χ4n) is 4.40. The van der Waals surface area contributed by atoms with Crippen LogP contribution in [0.2, 0.25) is 0 Å². The van der Waals surface area contributed by atoms with Crippen LogP contribution in [0.1, 0.15) is 30.9 Å². The number of ether oxygens (including phenoxy) is 1. The second kappa shape index (κ2) is 9.49. The summed E-state index contributed by atoms with van der Waals surface area (Å²) >= 11 is 0. The van der Waals surface area contributed by atoms with Crippen molar-refractivity contribution in [3.05, 3.63) is 83.8 Å². The molecule has 0 atom stereocenters. The molecule has 1 N–H and O–H groups in total. The van der Waals surface area contributed by atoms with Crippen LogP contribution < -0.4 is 4.74 Å². The molecule has 166 valence electrons. The van der Waals surface area contributed by atoms with Crippen molar-refractivity contribution in [2.75, 3.05) is 19.7 Å². The number of pyridine rings is 1. The van der Waals surface area contributed by atoms with Gasteiger partial charge in [-0.25, -0.2) is 4.39 Å². The van der Waals surface area contributed by atoms with E-state index in [-0.39, 0.29) is 5.69 Å². The summed E-state index contributed by atoms with van der Waals surface area (Å²) in [5.41, 5.74) is 1.19. The number of nitrogens with zero attached hydrogens (tertiary/aromatic N) is 2. The zero-order chi connectivity index (χ0) is 22.6. The number of halogens is 1. The molecule has 1 aromatic heterocycles. The Bertz CT molecular complexity index is 1080. The Morgan fingerprint density at radius 1 is 1.12 bits per heavy atom. The van der Waals surface area contributed by atoms with Crippen molar-refractivity contribution in [1.82, 2.24) is 9.88 Å². The van der Waals surface area contributed by atoms with Gasteiger partial charge in [0, 0.05) is 18.3 Å². The molecule has 2 heterocycles. The van der Waals surface area contributed by atoms with Gasteiger partial charge < -0.3 is 9.84 Å². The van der Waals surface area contributed by atoms with Gasteiger partial charge in [0.25, 0.3) is 0 Å². The molecule has 5 nitrogen and oxygen atoms in total. The molecule has 1 saturated heterocycles. The number of aromatic nitrogens is 1. The first-order valence-corrected chi connectivity index (χ1v) is 10.9. The van der Waals surface area contributed by atoms with Crippen LogP contribution in [-0.2, 0) is 16.8 Å². The average Bonchev–Trinajstić information content (AvgIpc) is 2.81. The summed E-state index contributed by atoms with van der Waals surface area (Å²) in [6.07, 6.45) is 2.33. The summed E-state index contributed by atoms with van der Waals surface area (Å²) in [7, 11) is 0. The molecular weight excluding hydrogens is 407 g/mol. The standard InChI is InChI=1S/C26H27FN2O3/c1-2-32-23-11-7-6-10-21(23)24-22(27)16-20(17-28-24)26(25(30)31)12-14-29(15-13-26)18-19-8-4-3-5-9-19/h3-11,16-17H,2,12-15,18H2,1H3,(H,30,31). The van der Waals surface area contributed by atoms with Crippen LogP contribution >= 0.6 is 0 Å². The lowest BCUT2D eigenvalue weighted by atomic mass is 9.73. The third-order valence-electron chi connectivity index (χ3n) is 6.20. The highest BCUT2D eigenvalue weighted by Crippen LogP contribution is 2.38. The van der Waals surface area contributed by atoms with Gasteiger partial charge in [-0.05, 0) is 62.2 Å². The van der Waals surface area contributed by atoms with E-state index < -0.39 is 17.2 Å². The lowest BCUT2D eigenvalue weighted by molar-refractivity contribution is -0.146. The van der Waals surface area contributed by atoms with Crippen molar-refractivity contribution < 1.29 is 19.0 Å². The summed E-state index contributed by atoms with van der Waals surface area (Å²) in [4.78, 5) is 19.0. The fraction of sp³-hybridized carbons (Fsp3) is 0.308. The molecule has 1 fully saturated rings. The molecule has 1 aliphatic rings. The van der Waals surface area contributed by atoms with E-state index in [0.29, 0.717) is 49.4 Å². The summed E-state index contributed by atoms with van der Waals surface area (Å²) < 4.78 is 20.8. The molecule has 6 heteroatoms. The van der Waals surface area contributed by atoms with Crippen molar-refractivity contribution in [2.24, 2.45) is 0 Å². The number of carboxylic acid groups (broad SMARTS) is 1. The van der Waals surface area contributed by atoms with Gasteiger partial charge in [0.2, 0.25) is 0 Å². The Kier molecular flexibility index (Phi) is 6.51. The van der Waals surface area contributed by atoms with Crippen LogP contribution in [0.25, 0.3) is 11.3 Å². The number of benzene rings is 2. The minimum Gasteiger partial charge on any atom is -0.493 e. The fourth-order valence-corrected chi connectivity index (χ4v) is 4.40. The maximum Gasteiger partial charge on any atom is 0.314 e. The second-order valence-corrected chi connectivity index (χ2v) is 8.13. The lowest BCUT2D eigenvalue weighted by Crippen LogP contribution is -2.47. The Balaban J connectivity index is 1.58. The van der Waals surface area contributed by atoms with E-state index in [1.54, 1.807) is 18.2 Å². The summed E-state index contributed by atoms with van der Waals surface area (Å²) in [5.74, 6) is -0.918. The maximum absolute atomic E-state index is 15.2. The predicted octanol–water partition coefficient (Wildman–Crippen LogP) is 4.90. The van der Waals surface area contributed by atoms with E-state index in [1.807, 2.05) is 31.2 Å². The molecule has 2 aromatic carbocycles. The topological polar surface area (TPSA) is 62.7 Å². The van der Waals surface area contributed by atoms with Crippen molar-refractivity contribution >= 4 is 5.97 Å². The van der Waals surface area contributed by atoms with Crippen molar-refractivity contribution in [1.29, 1.82) is 0 Å². The summed E-state index contributed by atoms with van der Waals surface area (Å²) in [5, 5.41) is 10.1. The molecule has 0 radical (unpaired) electrons.